The number of carbonyl (C=O) groups excluding carboxylic acids is 1. The summed E-state index contributed by atoms with van der Waals surface area (Å²) in [5.41, 5.74) is -0.263. The average Bonchev–Trinajstić information content (AvgIpc) is 2.31. The van der Waals surface area contributed by atoms with Crippen LogP contribution in [0.25, 0.3) is 0 Å². The maximum atomic E-state index is 11.4. The van der Waals surface area contributed by atoms with Crippen LogP contribution < -0.4 is 5.32 Å². The molecule has 0 bridgehead atoms. The van der Waals surface area contributed by atoms with E-state index in [1.54, 1.807) is 6.92 Å². The molecule has 4 heteroatoms. The van der Waals surface area contributed by atoms with Crippen molar-refractivity contribution in [2.45, 2.75) is 46.1 Å². The van der Waals surface area contributed by atoms with Gasteiger partial charge in [-0.15, -0.1) is 0 Å². The molecule has 0 heterocycles. The van der Waals surface area contributed by atoms with Crippen molar-refractivity contribution in [2.24, 2.45) is 5.92 Å². The zero-order valence-corrected chi connectivity index (χ0v) is 10.9. The molecule has 0 rings (SSSR count). The van der Waals surface area contributed by atoms with E-state index in [2.05, 4.69) is 5.32 Å². The van der Waals surface area contributed by atoms with E-state index in [4.69, 9.17) is 4.74 Å². The molecule has 0 aromatic carbocycles. The van der Waals surface area contributed by atoms with E-state index < -0.39 is 0 Å². The van der Waals surface area contributed by atoms with Gasteiger partial charge in [0.25, 0.3) is 0 Å². The molecule has 1 unspecified atom stereocenters. The van der Waals surface area contributed by atoms with Gasteiger partial charge >= 0.3 is 5.97 Å². The van der Waals surface area contributed by atoms with E-state index in [0.29, 0.717) is 13.2 Å². The van der Waals surface area contributed by atoms with E-state index in [1.165, 1.54) is 0 Å². The summed E-state index contributed by atoms with van der Waals surface area (Å²) < 4.78 is 4.93. The molecule has 0 fully saturated rings. The Hall–Kier alpha value is -0.610. The van der Waals surface area contributed by atoms with Crippen LogP contribution in [0.2, 0.25) is 0 Å². The second kappa shape index (κ2) is 7.63. The highest BCUT2D eigenvalue weighted by atomic mass is 16.5. The minimum atomic E-state index is -0.263. The molecule has 1 atom stereocenters. The number of hydrogen-bond acceptors (Lipinski definition) is 4. The van der Waals surface area contributed by atoms with E-state index in [9.17, 15) is 9.90 Å². The fourth-order valence-electron chi connectivity index (χ4n) is 1.52. The first-order chi connectivity index (χ1) is 7.55. The summed E-state index contributed by atoms with van der Waals surface area (Å²) in [6.45, 7) is 8.74. The monoisotopic (exact) mass is 231 g/mol. The van der Waals surface area contributed by atoms with Gasteiger partial charge < -0.3 is 15.2 Å². The van der Waals surface area contributed by atoms with E-state index in [-0.39, 0.29) is 24.0 Å². The maximum absolute atomic E-state index is 11.4. The lowest BCUT2D eigenvalue weighted by atomic mass is 9.93. The Balaban J connectivity index is 4.15. The normalized spacial score (nSPS) is 13.6. The van der Waals surface area contributed by atoms with Crippen molar-refractivity contribution >= 4 is 5.97 Å². The number of esters is 1. The molecule has 16 heavy (non-hydrogen) atoms. The summed E-state index contributed by atoms with van der Waals surface area (Å²) in [7, 11) is 0. The van der Waals surface area contributed by atoms with Crippen molar-refractivity contribution in [1.82, 2.24) is 5.32 Å². The molecule has 0 amide bonds. The molecule has 0 aliphatic rings. The van der Waals surface area contributed by atoms with Crippen LogP contribution in [0.1, 0.15) is 40.5 Å². The van der Waals surface area contributed by atoms with Crippen LogP contribution in [0.4, 0.5) is 0 Å². The first-order valence-corrected chi connectivity index (χ1v) is 6.07. The summed E-state index contributed by atoms with van der Waals surface area (Å²) in [4.78, 5) is 11.4. The predicted octanol–water partition coefficient (Wildman–Crippen LogP) is 1.33. The van der Waals surface area contributed by atoms with Crippen molar-refractivity contribution in [3.63, 3.8) is 0 Å². The SMILES string of the molecule is CCOC(=O)C(C)CNC(CC)(CC)CO. The Morgan fingerprint density at radius 2 is 1.94 bits per heavy atom. The smallest absolute Gasteiger partial charge is 0.309 e. The minimum absolute atomic E-state index is 0.0928. The standard InChI is InChI=1S/C12H25NO3/c1-5-12(6-2,9-14)13-8-10(4)11(15)16-7-3/h10,13-14H,5-9H2,1-4H3. The lowest BCUT2D eigenvalue weighted by Crippen LogP contribution is -2.49. The number of aliphatic hydroxyl groups is 1. The van der Waals surface area contributed by atoms with Crippen LogP contribution in [0.5, 0.6) is 0 Å². The lowest BCUT2D eigenvalue weighted by Gasteiger charge is -2.31. The molecule has 0 aromatic rings. The summed E-state index contributed by atoms with van der Waals surface area (Å²) in [6, 6.07) is 0. The second-order valence-corrected chi connectivity index (χ2v) is 4.18. The number of rotatable bonds is 8. The topological polar surface area (TPSA) is 58.6 Å². The summed E-state index contributed by atoms with van der Waals surface area (Å²) in [5, 5.41) is 12.6. The van der Waals surface area contributed by atoms with Crippen molar-refractivity contribution in [2.75, 3.05) is 19.8 Å². The average molecular weight is 231 g/mol. The highest BCUT2D eigenvalue weighted by molar-refractivity contribution is 5.72. The first-order valence-electron chi connectivity index (χ1n) is 6.07. The summed E-state index contributed by atoms with van der Waals surface area (Å²) in [6.07, 6.45) is 1.69. The van der Waals surface area contributed by atoms with E-state index in [0.717, 1.165) is 12.8 Å². The summed E-state index contributed by atoms with van der Waals surface area (Å²) >= 11 is 0. The first kappa shape index (κ1) is 15.4. The van der Waals surface area contributed by atoms with Crippen molar-refractivity contribution in [1.29, 1.82) is 0 Å². The van der Waals surface area contributed by atoms with Crippen LogP contribution >= 0.6 is 0 Å². The Kier molecular flexibility index (Phi) is 7.34. The maximum Gasteiger partial charge on any atom is 0.309 e. The van der Waals surface area contributed by atoms with Crippen LogP contribution in [-0.2, 0) is 9.53 Å². The molecule has 0 spiro atoms. The highest BCUT2D eigenvalue weighted by Gasteiger charge is 2.26. The van der Waals surface area contributed by atoms with Gasteiger partial charge in [0.15, 0.2) is 0 Å². The zero-order chi connectivity index (χ0) is 12.6. The number of hydrogen-bond donors (Lipinski definition) is 2. The highest BCUT2D eigenvalue weighted by Crippen LogP contribution is 2.14. The number of carbonyl (C=O) groups is 1. The van der Waals surface area contributed by atoms with Gasteiger partial charge in [0.05, 0.1) is 19.1 Å². The van der Waals surface area contributed by atoms with Crippen molar-refractivity contribution in [3.8, 4) is 0 Å². The van der Waals surface area contributed by atoms with Gasteiger partial charge in [-0.05, 0) is 19.8 Å². The molecule has 96 valence electrons. The van der Waals surface area contributed by atoms with Gasteiger partial charge in [-0.1, -0.05) is 20.8 Å². The van der Waals surface area contributed by atoms with Crippen molar-refractivity contribution < 1.29 is 14.6 Å². The molecule has 0 aromatic heterocycles. The second-order valence-electron chi connectivity index (χ2n) is 4.18. The predicted molar refractivity (Wildman–Crippen MR) is 64.2 cm³/mol. The molecule has 0 aliphatic heterocycles. The van der Waals surface area contributed by atoms with Gasteiger partial charge in [-0.25, -0.2) is 0 Å². The molecule has 0 radical (unpaired) electrons. The molecule has 0 aliphatic carbocycles. The van der Waals surface area contributed by atoms with Crippen LogP contribution in [0, 0.1) is 5.92 Å². The Morgan fingerprint density at radius 3 is 2.31 bits per heavy atom. The third-order valence-electron chi connectivity index (χ3n) is 3.13. The molecule has 4 nitrogen and oxygen atoms in total. The van der Waals surface area contributed by atoms with Crippen LogP contribution in [0.3, 0.4) is 0 Å². The number of aliphatic hydroxyl groups excluding tert-OH is 1. The molecule has 2 N–H and O–H groups in total. The third-order valence-corrected chi connectivity index (χ3v) is 3.13. The van der Waals surface area contributed by atoms with E-state index in [1.807, 2.05) is 20.8 Å². The minimum Gasteiger partial charge on any atom is -0.466 e. The number of nitrogens with one attached hydrogen (secondary N) is 1. The van der Waals surface area contributed by atoms with Gasteiger partial charge in [0, 0.05) is 12.1 Å². The Bertz CT molecular complexity index is 194. The summed E-state index contributed by atoms with van der Waals surface area (Å²) in [5.74, 6) is -0.363. The largest absolute Gasteiger partial charge is 0.466 e. The van der Waals surface area contributed by atoms with Crippen LogP contribution in [-0.4, -0.2) is 36.4 Å². The zero-order valence-electron chi connectivity index (χ0n) is 10.9. The van der Waals surface area contributed by atoms with Gasteiger partial charge in [0.1, 0.15) is 0 Å². The van der Waals surface area contributed by atoms with Crippen molar-refractivity contribution in [3.05, 3.63) is 0 Å². The van der Waals surface area contributed by atoms with Gasteiger partial charge in [-0.3, -0.25) is 4.79 Å². The molecule has 0 saturated carbocycles. The van der Waals surface area contributed by atoms with E-state index >= 15 is 0 Å². The van der Waals surface area contributed by atoms with Crippen LogP contribution in [0.15, 0.2) is 0 Å². The Morgan fingerprint density at radius 1 is 1.38 bits per heavy atom. The number of ether oxygens (including phenoxy) is 1. The lowest BCUT2D eigenvalue weighted by molar-refractivity contribution is -0.147. The molecular formula is C12H25NO3. The fraction of sp³-hybridized carbons (Fsp3) is 0.917. The molecular weight excluding hydrogens is 206 g/mol. The third kappa shape index (κ3) is 4.49. The fourth-order valence-corrected chi connectivity index (χ4v) is 1.52. The quantitative estimate of drug-likeness (QED) is 0.619. The Labute approximate surface area is 98.4 Å². The van der Waals surface area contributed by atoms with Gasteiger partial charge in [-0.2, -0.15) is 0 Å². The molecule has 0 saturated heterocycles. The van der Waals surface area contributed by atoms with Gasteiger partial charge in [0.2, 0.25) is 0 Å².